The van der Waals surface area contributed by atoms with Crippen LogP contribution in [0.5, 0.6) is 0 Å². The second-order valence-corrected chi connectivity index (χ2v) is 6.47. The van der Waals surface area contributed by atoms with E-state index in [1.807, 2.05) is 25.5 Å². The Morgan fingerprint density at radius 2 is 1.90 bits per heavy atom. The summed E-state index contributed by atoms with van der Waals surface area (Å²) in [6, 6.07) is 0. The fourth-order valence-corrected chi connectivity index (χ4v) is 2.50. The SMILES string of the molecule is CN1CCN(Cc2c(C(=O)O)cnn2C(C)(C)C)CC1. The molecule has 1 aromatic rings. The molecule has 1 saturated heterocycles. The predicted octanol–water partition coefficient (Wildman–Crippen LogP) is 1.08. The number of aromatic nitrogens is 2. The molecule has 0 radical (unpaired) electrons. The summed E-state index contributed by atoms with van der Waals surface area (Å²) in [6.45, 7) is 10.7. The Kier molecular flexibility index (Phi) is 4.15. The Labute approximate surface area is 120 Å². The largest absolute Gasteiger partial charge is 0.478 e. The highest BCUT2D eigenvalue weighted by molar-refractivity contribution is 5.88. The van der Waals surface area contributed by atoms with Crippen LogP contribution in [0.25, 0.3) is 0 Å². The third kappa shape index (κ3) is 3.19. The Balaban J connectivity index is 2.24. The van der Waals surface area contributed by atoms with E-state index in [-0.39, 0.29) is 5.54 Å². The fraction of sp³-hybridized carbons (Fsp3) is 0.714. The molecule has 6 nitrogen and oxygen atoms in total. The van der Waals surface area contributed by atoms with E-state index in [0.717, 1.165) is 31.9 Å². The van der Waals surface area contributed by atoms with Crippen molar-refractivity contribution < 1.29 is 9.90 Å². The quantitative estimate of drug-likeness (QED) is 0.898. The highest BCUT2D eigenvalue weighted by Crippen LogP contribution is 2.21. The minimum absolute atomic E-state index is 0.213. The first-order chi connectivity index (χ1) is 9.29. The van der Waals surface area contributed by atoms with Crippen molar-refractivity contribution in [2.24, 2.45) is 0 Å². The lowest BCUT2D eigenvalue weighted by molar-refractivity contribution is 0.0692. The van der Waals surface area contributed by atoms with Gasteiger partial charge >= 0.3 is 5.97 Å². The van der Waals surface area contributed by atoms with Crippen molar-refractivity contribution in [2.45, 2.75) is 32.9 Å². The van der Waals surface area contributed by atoms with Gasteiger partial charge in [-0.1, -0.05) is 0 Å². The van der Waals surface area contributed by atoms with Crippen molar-refractivity contribution in [1.82, 2.24) is 19.6 Å². The van der Waals surface area contributed by atoms with Crippen LogP contribution in [-0.2, 0) is 12.1 Å². The van der Waals surface area contributed by atoms with Gasteiger partial charge in [-0.2, -0.15) is 5.10 Å². The molecule has 0 atom stereocenters. The first-order valence-electron chi connectivity index (χ1n) is 7.00. The number of hydrogen-bond acceptors (Lipinski definition) is 4. The molecule has 0 unspecified atom stereocenters. The van der Waals surface area contributed by atoms with Gasteiger partial charge in [0.2, 0.25) is 0 Å². The molecule has 20 heavy (non-hydrogen) atoms. The van der Waals surface area contributed by atoms with E-state index in [9.17, 15) is 9.90 Å². The van der Waals surface area contributed by atoms with E-state index in [4.69, 9.17) is 0 Å². The molecule has 1 aromatic heterocycles. The summed E-state index contributed by atoms with van der Waals surface area (Å²) in [5.74, 6) is -0.898. The van der Waals surface area contributed by atoms with Crippen molar-refractivity contribution in [2.75, 3.05) is 33.2 Å². The first-order valence-corrected chi connectivity index (χ1v) is 7.00. The topological polar surface area (TPSA) is 61.6 Å². The van der Waals surface area contributed by atoms with Crippen LogP contribution in [0.1, 0.15) is 36.8 Å². The number of nitrogens with zero attached hydrogens (tertiary/aromatic N) is 4. The molecule has 0 bridgehead atoms. The number of rotatable bonds is 3. The standard InChI is InChI=1S/C14H24N4O2/c1-14(2,3)18-12(11(9-15-18)13(19)20)10-17-7-5-16(4)6-8-17/h9H,5-8,10H2,1-4H3,(H,19,20). The van der Waals surface area contributed by atoms with Crippen molar-refractivity contribution in [3.8, 4) is 0 Å². The molecular weight excluding hydrogens is 256 g/mol. The summed E-state index contributed by atoms with van der Waals surface area (Å²) in [6.07, 6.45) is 1.47. The third-order valence-electron chi connectivity index (χ3n) is 3.70. The monoisotopic (exact) mass is 280 g/mol. The molecule has 6 heteroatoms. The molecule has 2 rings (SSSR count). The maximum atomic E-state index is 11.4. The van der Waals surface area contributed by atoms with E-state index < -0.39 is 5.97 Å². The zero-order chi connectivity index (χ0) is 14.9. The van der Waals surface area contributed by atoms with Crippen LogP contribution in [0.3, 0.4) is 0 Å². The fourth-order valence-electron chi connectivity index (χ4n) is 2.50. The molecular formula is C14H24N4O2. The summed E-state index contributed by atoms with van der Waals surface area (Å²) >= 11 is 0. The van der Waals surface area contributed by atoms with Gasteiger partial charge in [-0.3, -0.25) is 9.58 Å². The lowest BCUT2D eigenvalue weighted by Gasteiger charge is -2.33. The van der Waals surface area contributed by atoms with Crippen molar-refractivity contribution in [3.05, 3.63) is 17.5 Å². The maximum Gasteiger partial charge on any atom is 0.339 e. The Hall–Kier alpha value is -1.40. The number of carbonyl (C=O) groups is 1. The number of likely N-dealkylation sites (N-methyl/N-ethyl adjacent to an activating group) is 1. The van der Waals surface area contributed by atoms with Gasteiger partial charge in [0.05, 0.1) is 17.4 Å². The Morgan fingerprint density at radius 3 is 2.40 bits per heavy atom. The molecule has 2 heterocycles. The van der Waals surface area contributed by atoms with Gasteiger partial charge < -0.3 is 10.0 Å². The van der Waals surface area contributed by atoms with Crippen LogP contribution in [0.2, 0.25) is 0 Å². The average molecular weight is 280 g/mol. The molecule has 0 aliphatic carbocycles. The number of hydrogen-bond donors (Lipinski definition) is 1. The van der Waals surface area contributed by atoms with Crippen LogP contribution in [0, 0.1) is 0 Å². The average Bonchev–Trinajstić information content (AvgIpc) is 2.75. The molecule has 1 aliphatic heterocycles. The summed E-state index contributed by atoms with van der Waals surface area (Å²) in [5.41, 5.74) is 0.906. The lowest BCUT2D eigenvalue weighted by Crippen LogP contribution is -2.44. The van der Waals surface area contributed by atoms with Crippen molar-refractivity contribution in [3.63, 3.8) is 0 Å². The number of carboxylic acid groups (broad SMARTS) is 1. The van der Waals surface area contributed by atoms with Crippen molar-refractivity contribution >= 4 is 5.97 Å². The summed E-state index contributed by atoms with van der Waals surface area (Å²) in [7, 11) is 2.11. The van der Waals surface area contributed by atoms with Crippen molar-refractivity contribution in [1.29, 1.82) is 0 Å². The van der Waals surface area contributed by atoms with E-state index in [0.29, 0.717) is 12.1 Å². The van der Waals surface area contributed by atoms with E-state index in [2.05, 4.69) is 21.9 Å². The normalized spacial score (nSPS) is 18.4. The van der Waals surface area contributed by atoms with E-state index in [1.165, 1.54) is 6.20 Å². The van der Waals surface area contributed by atoms with Gasteiger partial charge in [0.1, 0.15) is 5.56 Å². The minimum atomic E-state index is -0.898. The van der Waals surface area contributed by atoms with E-state index >= 15 is 0 Å². The highest BCUT2D eigenvalue weighted by Gasteiger charge is 2.26. The number of aromatic carboxylic acids is 1. The molecule has 1 aliphatic rings. The molecule has 0 aromatic carbocycles. The molecule has 0 amide bonds. The minimum Gasteiger partial charge on any atom is -0.478 e. The van der Waals surface area contributed by atoms with Crippen LogP contribution >= 0.6 is 0 Å². The van der Waals surface area contributed by atoms with E-state index in [1.54, 1.807) is 0 Å². The summed E-state index contributed by atoms with van der Waals surface area (Å²) in [4.78, 5) is 16.0. The number of piperazine rings is 1. The van der Waals surface area contributed by atoms with Gasteiger partial charge in [-0.05, 0) is 27.8 Å². The zero-order valence-corrected chi connectivity index (χ0v) is 12.8. The third-order valence-corrected chi connectivity index (χ3v) is 3.70. The molecule has 1 fully saturated rings. The summed E-state index contributed by atoms with van der Waals surface area (Å²) in [5, 5.41) is 13.6. The van der Waals surface area contributed by atoms with Gasteiger partial charge in [0.15, 0.2) is 0 Å². The Morgan fingerprint density at radius 1 is 1.30 bits per heavy atom. The maximum absolute atomic E-state index is 11.4. The summed E-state index contributed by atoms with van der Waals surface area (Å²) < 4.78 is 1.84. The van der Waals surface area contributed by atoms with Gasteiger partial charge in [0, 0.05) is 32.7 Å². The van der Waals surface area contributed by atoms with Gasteiger partial charge in [-0.25, -0.2) is 4.79 Å². The van der Waals surface area contributed by atoms with Gasteiger partial charge in [0.25, 0.3) is 0 Å². The van der Waals surface area contributed by atoms with Crippen LogP contribution in [0.15, 0.2) is 6.20 Å². The second kappa shape index (κ2) is 5.54. The molecule has 112 valence electrons. The van der Waals surface area contributed by atoms with Crippen LogP contribution in [0.4, 0.5) is 0 Å². The predicted molar refractivity (Wildman–Crippen MR) is 77.0 cm³/mol. The second-order valence-electron chi connectivity index (χ2n) is 6.47. The smallest absolute Gasteiger partial charge is 0.339 e. The lowest BCUT2D eigenvalue weighted by atomic mass is 10.1. The Bertz CT molecular complexity index is 482. The van der Waals surface area contributed by atoms with Gasteiger partial charge in [-0.15, -0.1) is 0 Å². The van der Waals surface area contributed by atoms with Crippen LogP contribution in [-0.4, -0.2) is 63.9 Å². The molecule has 0 saturated carbocycles. The first kappa shape index (κ1) is 15.0. The highest BCUT2D eigenvalue weighted by atomic mass is 16.4. The zero-order valence-electron chi connectivity index (χ0n) is 12.8. The van der Waals surface area contributed by atoms with Crippen LogP contribution < -0.4 is 0 Å². The molecule has 1 N–H and O–H groups in total. The molecule has 0 spiro atoms. The number of carboxylic acids is 1.